The Labute approximate surface area is 470 Å². The molecule has 0 spiro atoms. The van der Waals surface area contributed by atoms with Gasteiger partial charge in [-0.25, -0.2) is 0 Å². The fourth-order valence-electron chi connectivity index (χ4n) is 8.64. The number of ether oxygens (including phenoxy) is 4. The fourth-order valence-corrected chi connectivity index (χ4v) is 8.64. The van der Waals surface area contributed by atoms with Gasteiger partial charge in [0.2, 0.25) is 0 Å². The number of benzene rings is 4. The Kier molecular flexibility index (Phi) is 36.8. The molecule has 2 unspecified atom stereocenters. The number of aliphatic hydroxyl groups is 2. The maximum atomic E-state index is 7.00. The quantitative estimate of drug-likeness (QED) is 0.131. The first kappa shape index (κ1) is 74.1. The van der Waals surface area contributed by atoms with Crippen LogP contribution >= 0.6 is 0 Å². The monoisotopic (exact) mass is 1060 g/mol. The van der Waals surface area contributed by atoms with Gasteiger partial charge in [0, 0.05) is 14.2 Å². The third-order valence-corrected chi connectivity index (χ3v) is 14.6. The Balaban J connectivity index is 0. The molecule has 0 saturated heterocycles. The first-order valence-electron chi connectivity index (χ1n) is 29.8. The Bertz CT molecular complexity index is 1970. The standard InChI is InChI=1S/C18H28O.C17H26O.C15H24O.C14H22O.2C2H6.2CH4O/c1-5-17(2,3)15-9-11-16(12-10-15)19-18(4)13-7-6-8-14-18;1-4-14(2)15-8-10-16(11-9-15)18-17(3)12-6-5-7-13-17;1-7-15(5,6)12-8-10-13(11-9-12)16-14(2,3)4;1-6-11(2)12-7-9-13(10-8-12)15-14(3,4)5;4*1-2/h9-12H,5-8,13-14H2,1-4H3;8-11,14H,4-7,12-13H2,1-3H3;8-11H,7H2,1-6H3;7-11H,6H2,1-5H3;2*1-2H3;2*2H,1H3. The van der Waals surface area contributed by atoms with E-state index in [4.69, 9.17) is 29.2 Å². The topological polar surface area (TPSA) is 77.4 Å². The smallest absolute Gasteiger partial charge is 0.120 e. The van der Waals surface area contributed by atoms with Crippen molar-refractivity contribution >= 4 is 0 Å². The summed E-state index contributed by atoms with van der Waals surface area (Å²) in [6, 6.07) is 34.4. The van der Waals surface area contributed by atoms with Crippen LogP contribution in [0.5, 0.6) is 23.0 Å². The largest absolute Gasteiger partial charge is 0.488 e. The van der Waals surface area contributed by atoms with Gasteiger partial charge in [-0.15, -0.1) is 0 Å². The Hall–Kier alpha value is -4.00. The number of aliphatic hydroxyl groups excluding tert-OH is 2. The van der Waals surface area contributed by atoms with Gasteiger partial charge in [0.15, 0.2) is 0 Å². The summed E-state index contributed by atoms with van der Waals surface area (Å²) in [5, 5.41) is 14.0. The van der Waals surface area contributed by atoms with Crippen LogP contribution in [0.4, 0.5) is 0 Å². The zero-order valence-electron chi connectivity index (χ0n) is 53.8. The number of hydrogen-bond donors (Lipinski definition) is 2. The van der Waals surface area contributed by atoms with Crippen molar-refractivity contribution in [2.75, 3.05) is 14.2 Å². The molecule has 6 rings (SSSR count). The van der Waals surface area contributed by atoms with Crippen molar-refractivity contribution in [3.63, 3.8) is 0 Å². The molecule has 2 atom stereocenters. The summed E-state index contributed by atoms with van der Waals surface area (Å²) < 4.78 is 24.0. The van der Waals surface area contributed by atoms with Crippen LogP contribution in [0.15, 0.2) is 97.1 Å². The Morgan fingerprint density at radius 2 is 0.632 bits per heavy atom. The third kappa shape index (κ3) is 29.7. The lowest BCUT2D eigenvalue weighted by molar-refractivity contribution is 0.0484. The van der Waals surface area contributed by atoms with E-state index in [1.807, 2.05) is 27.7 Å². The molecule has 2 N–H and O–H groups in total. The highest BCUT2D eigenvalue weighted by Gasteiger charge is 2.30. The molecule has 0 aromatic heterocycles. The van der Waals surface area contributed by atoms with Crippen molar-refractivity contribution in [1.29, 1.82) is 0 Å². The second-order valence-electron chi connectivity index (χ2n) is 23.9. The molecular formula is C70H120O6. The highest BCUT2D eigenvalue weighted by molar-refractivity contribution is 5.34. The summed E-state index contributed by atoms with van der Waals surface area (Å²) in [5.74, 6) is 5.24. The summed E-state index contributed by atoms with van der Waals surface area (Å²) in [6.07, 6.45) is 17.4. The first-order chi connectivity index (χ1) is 35.7. The van der Waals surface area contributed by atoms with E-state index < -0.39 is 0 Å². The van der Waals surface area contributed by atoms with Gasteiger partial charge >= 0.3 is 0 Å². The minimum absolute atomic E-state index is 0.0556. The fraction of sp³-hybridized carbons (Fsp3) is 0.657. The summed E-state index contributed by atoms with van der Waals surface area (Å²) >= 11 is 0. The van der Waals surface area contributed by atoms with Crippen LogP contribution in [0.2, 0.25) is 0 Å². The lowest BCUT2D eigenvalue weighted by atomic mass is 9.82. The van der Waals surface area contributed by atoms with Crippen molar-refractivity contribution in [2.45, 2.75) is 287 Å². The number of rotatable bonds is 14. The maximum absolute atomic E-state index is 7.00. The molecule has 0 bridgehead atoms. The molecule has 436 valence electrons. The zero-order valence-corrected chi connectivity index (χ0v) is 53.8. The molecule has 2 aliphatic rings. The minimum Gasteiger partial charge on any atom is -0.488 e. The molecule has 0 heterocycles. The van der Waals surface area contributed by atoms with Gasteiger partial charge in [0.25, 0.3) is 0 Å². The van der Waals surface area contributed by atoms with Crippen molar-refractivity contribution in [1.82, 2.24) is 0 Å². The van der Waals surface area contributed by atoms with Crippen molar-refractivity contribution in [3.8, 4) is 23.0 Å². The van der Waals surface area contributed by atoms with Crippen molar-refractivity contribution < 1.29 is 29.2 Å². The second kappa shape index (κ2) is 37.7. The molecule has 2 saturated carbocycles. The molecule has 0 aliphatic heterocycles. The average Bonchev–Trinajstić information content (AvgIpc) is 3.41. The second-order valence-corrected chi connectivity index (χ2v) is 23.9. The summed E-state index contributed by atoms with van der Waals surface area (Å²) in [4.78, 5) is 0. The predicted molar refractivity (Wildman–Crippen MR) is 334 cm³/mol. The van der Waals surface area contributed by atoms with Crippen LogP contribution in [0.1, 0.15) is 276 Å². The summed E-state index contributed by atoms with van der Waals surface area (Å²) in [5.41, 5.74) is 5.97. The Morgan fingerprint density at radius 1 is 0.395 bits per heavy atom. The molecule has 0 radical (unpaired) electrons. The lowest BCUT2D eigenvalue weighted by Crippen LogP contribution is -2.34. The van der Waals surface area contributed by atoms with Gasteiger partial charge in [-0.1, -0.05) is 158 Å². The SMILES string of the molecule is CC.CC.CCC(C)(C)c1ccc(OC(C)(C)C)cc1.CCC(C)(C)c1ccc(OC2(C)CCCCC2)cc1.CCC(C)c1ccc(OC(C)(C)C)cc1.CCC(C)c1ccc(OC2(C)CCCCC2)cc1.CO.CO. The van der Waals surface area contributed by atoms with Crippen LogP contribution in [-0.4, -0.2) is 46.8 Å². The Morgan fingerprint density at radius 3 is 0.868 bits per heavy atom. The van der Waals surface area contributed by atoms with Gasteiger partial charge in [-0.2, -0.15) is 0 Å². The van der Waals surface area contributed by atoms with Crippen LogP contribution in [0.3, 0.4) is 0 Å². The van der Waals surface area contributed by atoms with E-state index in [2.05, 4.69) is 222 Å². The normalized spacial score (nSPS) is 15.3. The zero-order chi connectivity index (χ0) is 58.8. The highest BCUT2D eigenvalue weighted by Crippen LogP contribution is 2.36. The van der Waals surface area contributed by atoms with E-state index in [1.54, 1.807) is 0 Å². The van der Waals surface area contributed by atoms with Crippen LogP contribution in [0, 0.1) is 0 Å². The molecule has 6 nitrogen and oxygen atoms in total. The van der Waals surface area contributed by atoms with Gasteiger partial charge < -0.3 is 29.2 Å². The molecule has 4 aromatic rings. The minimum atomic E-state index is -0.123. The molecule has 76 heavy (non-hydrogen) atoms. The van der Waals surface area contributed by atoms with Crippen LogP contribution in [0.25, 0.3) is 0 Å². The molecule has 2 aliphatic carbocycles. The van der Waals surface area contributed by atoms with E-state index >= 15 is 0 Å². The first-order valence-corrected chi connectivity index (χ1v) is 29.8. The maximum Gasteiger partial charge on any atom is 0.120 e. The van der Waals surface area contributed by atoms with E-state index in [0.29, 0.717) is 11.8 Å². The van der Waals surface area contributed by atoms with E-state index in [1.165, 1.54) is 99.3 Å². The number of hydrogen-bond acceptors (Lipinski definition) is 6. The predicted octanol–water partition coefficient (Wildman–Crippen LogP) is 21.0. The highest BCUT2D eigenvalue weighted by atomic mass is 16.5. The average molecular weight is 1060 g/mol. The van der Waals surface area contributed by atoms with Crippen LogP contribution in [-0.2, 0) is 10.8 Å². The molecule has 2 fully saturated rings. The van der Waals surface area contributed by atoms with Crippen molar-refractivity contribution in [2.24, 2.45) is 0 Å². The van der Waals surface area contributed by atoms with E-state index in [9.17, 15) is 0 Å². The van der Waals surface area contributed by atoms with E-state index in [-0.39, 0.29) is 33.2 Å². The van der Waals surface area contributed by atoms with Crippen LogP contribution < -0.4 is 18.9 Å². The van der Waals surface area contributed by atoms with Gasteiger partial charge in [-0.3, -0.25) is 0 Å². The third-order valence-electron chi connectivity index (χ3n) is 14.6. The van der Waals surface area contributed by atoms with Gasteiger partial charge in [0.1, 0.15) is 45.4 Å². The molecule has 4 aromatic carbocycles. The van der Waals surface area contributed by atoms with Gasteiger partial charge in [0.05, 0.1) is 0 Å². The lowest BCUT2D eigenvalue weighted by Gasteiger charge is -2.34. The molecular weight excluding hydrogens is 937 g/mol. The van der Waals surface area contributed by atoms with E-state index in [0.717, 1.165) is 50.1 Å². The summed E-state index contributed by atoms with van der Waals surface area (Å²) in [6.45, 7) is 47.5. The molecule has 0 amide bonds. The molecule has 6 heteroatoms. The van der Waals surface area contributed by atoms with Crippen molar-refractivity contribution in [3.05, 3.63) is 119 Å². The van der Waals surface area contributed by atoms with Gasteiger partial charge in [-0.05, 0) is 226 Å². The summed E-state index contributed by atoms with van der Waals surface area (Å²) in [7, 11) is 2.00.